The van der Waals surface area contributed by atoms with E-state index < -0.39 is 30.2 Å². The molecular weight excluding hydrogens is 351 g/mol. The van der Waals surface area contributed by atoms with Gasteiger partial charge >= 0.3 is 0 Å². The fourth-order valence-corrected chi connectivity index (χ4v) is 3.77. The molecule has 0 unspecified atom stereocenters. The summed E-state index contributed by atoms with van der Waals surface area (Å²) in [6, 6.07) is 7.29. The van der Waals surface area contributed by atoms with Crippen molar-refractivity contribution in [3.05, 3.63) is 59.7 Å². The number of fused-ring (bicyclic) bond motifs is 1. The molecular formula is C20H21FN2O4. The number of nitrogens with zero attached hydrogens (tertiary/aromatic N) is 2. The minimum atomic E-state index is -1.12. The Balaban J connectivity index is 1.62. The summed E-state index contributed by atoms with van der Waals surface area (Å²) in [7, 11) is 0. The van der Waals surface area contributed by atoms with Gasteiger partial charge in [0.05, 0.1) is 12.6 Å². The first-order valence-electron chi connectivity index (χ1n) is 8.84. The van der Waals surface area contributed by atoms with E-state index in [1.165, 1.54) is 18.2 Å². The van der Waals surface area contributed by atoms with Crippen LogP contribution in [0.1, 0.15) is 23.6 Å². The molecule has 2 heterocycles. The van der Waals surface area contributed by atoms with Crippen molar-refractivity contribution < 1.29 is 24.4 Å². The van der Waals surface area contributed by atoms with Crippen molar-refractivity contribution in [2.75, 3.05) is 0 Å². The summed E-state index contributed by atoms with van der Waals surface area (Å²) in [6.07, 6.45) is 1.07. The number of halogens is 1. The van der Waals surface area contributed by atoms with Crippen LogP contribution in [-0.2, 0) is 6.61 Å². The van der Waals surface area contributed by atoms with E-state index >= 15 is 0 Å². The van der Waals surface area contributed by atoms with Crippen LogP contribution in [-0.4, -0.2) is 43.2 Å². The van der Waals surface area contributed by atoms with Gasteiger partial charge in [0.1, 0.15) is 35.5 Å². The molecule has 0 amide bonds. The fraction of sp³-hybridized carbons (Fsp3) is 0.350. The first-order valence-corrected chi connectivity index (χ1v) is 8.84. The van der Waals surface area contributed by atoms with E-state index in [0.29, 0.717) is 17.7 Å². The maximum atomic E-state index is 13.3. The number of aliphatic hydroxyl groups is 3. The van der Waals surface area contributed by atoms with Crippen molar-refractivity contribution in [3.63, 3.8) is 0 Å². The van der Waals surface area contributed by atoms with Gasteiger partial charge in [-0.2, -0.15) is 0 Å². The minimum Gasteiger partial charge on any atom is -0.487 e. The summed E-state index contributed by atoms with van der Waals surface area (Å²) in [4.78, 5) is 4.41. The quantitative estimate of drug-likeness (QED) is 0.653. The van der Waals surface area contributed by atoms with Crippen molar-refractivity contribution in [2.24, 2.45) is 0 Å². The predicted molar refractivity (Wildman–Crippen MR) is 96.9 cm³/mol. The molecule has 3 aromatic rings. The highest BCUT2D eigenvalue weighted by molar-refractivity contribution is 5.79. The molecule has 1 aliphatic rings. The number of ether oxygens (including phenoxy) is 1. The number of pyridine rings is 1. The van der Waals surface area contributed by atoms with Gasteiger partial charge in [0.25, 0.3) is 0 Å². The number of aliphatic hydroxyl groups excluding tert-OH is 3. The number of hydrogen-bond donors (Lipinski definition) is 3. The van der Waals surface area contributed by atoms with Crippen LogP contribution in [0.15, 0.2) is 42.7 Å². The number of hydrogen-bond acceptors (Lipinski definition) is 5. The average Bonchev–Trinajstić information content (AvgIpc) is 3.20. The Morgan fingerprint density at radius 3 is 2.81 bits per heavy atom. The number of aromatic nitrogens is 2. The van der Waals surface area contributed by atoms with Crippen molar-refractivity contribution in [1.29, 1.82) is 0 Å². The van der Waals surface area contributed by atoms with Gasteiger partial charge in [-0.1, -0.05) is 0 Å². The Bertz CT molecular complexity index is 974. The Morgan fingerprint density at radius 1 is 1.22 bits per heavy atom. The number of benzene rings is 1. The molecule has 1 aliphatic carbocycles. The van der Waals surface area contributed by atoms with Crippen LogP contribution in [0.3, 0.4) is 0 Å². The van der Waals surface area contributed by atoms with Gasteiger partial charge in [0.15, 0.2) is 0 Å². The molecule has 0 aliphatic heterocycles. The van der Waals surface area contributed by atoms with Gasteiger partial charge in [0.2, 0.25) is 0 Å². The van der Waals surface area contributed by atoms with Crippen LogP contribution in [0.5, 0.6) is 5.75 Å². The normalized spacial score (nSPS) is 25.2. The maximum Gasteiger partial charge on any atom is 0.140 e. The Hall–Kier alpha value is -2.48. The molecule has 7 heteroatoms. The van der Waals surface area contributed by atoms with Crippen molar-refractivity contribution >= 4 is 11.0 Å². The first kappa shape index (κ1) is 17.9. The monoisotopic (exact) mass is 372 g/mol. The molecule has 6 nitrogen and oxygen atoms in total. The third-order valence-electron chi connectivity index (χ3n) is 5.26. The summed E-state index contributed by atoms with van der Waals surface area (Å²) < 4.78 is 21.0. The second kappa shape index (κ2) is 6.92. The van der Waals surface area contributed by atoms with Gasteiger partial charge < -0.3 is 24.6 Å². The topological polar surface area (TPSA) is 87.7 Å². The molecule has 3 N–H and O–H groups in total. The van der Waals surface area contributed by atoms with Crippen molar-refractivity contribution in [2.45, 2.75) is 44.3 Å². The largest absolute Gasteiger partial charge is 0.487 e. The molecule has 0 spiro atoms. The molecule has 2 aromatic heterocycles. The van der Waals surface area contributed by atoms with Gasteiger partial charge in [-0.15, -0.1) is 0 Å². The van der Waals surface area contributed by atoms with Crippen LogP contribution in [0.2, 0.25) is 0 Å². The lowest BCUT2D eigenvalue weighted by molar-refractivity contribution is -0.0168. The SMILES string of the molecule is Cc1ccnc2c1ccn2[C@@H]1C[C@H](Oc2ccc(F)cc2CO)[C@@H](O)[C@H]1O. The van der Waals surface area contributed by atoms with E-state index in [4.69, 9.17) is 4.74 Å². The van der Waals surface area contributed by atoms with Crippen LogP contribution >= 0.6 is 0 Å². The molecule has 1 saturated carbocycles. The molecule has 142 valence electrons. The molecule has 1 fully saturated rings. The lowest BCUT2D eigenvalue weighted by Crippen LogP contribution is -2.34. The molecule has 0 bridgehead atoms. The van der Waals surface area contributed by atoms with Crippen molar-refractivity contribution in [3.8, 4) is 5.75 Å². The van der Waals surface area contributed by atoms with Crippen LogP contribution in [0.25, 0.3) is 11.0 Å². The second-order valence-corrected chi connectivity index (χ2v) is 6.94. The van der Waals surface area contributed by atoms with Crippen molar-refractivity contribution in [1.82, 2.24) is 9.55 Å². The summed E-state index contributed by atoms with van der Waals surface area (Å²) in [5.74, 6) is -0.182. The van der Waals surface area contributed by atoms with Gasteiger partial charge in [-0.3, -0.25) is 0 Å². The molecule has 1 aromatic carbocycles. The smallest absolute Gasteiger partial charge is 0.140 e. The number of aryl methyl sites for hydroxylation is 1. The second-order valence-electron chi connectivity index (χ2n) is 6.94. The maximum absolute atomic E-state index is 13.3. The first-order chi connectivity index (χ1) is 13.0. The van der Waals surface area contributed by atoms with Crippen LogP contribution in [0.4, 0.5) is 4.39 Å². The molecule has 0 saturated heterocycles. The third-order valence-corrected chi connectivity index (χ3v) is 5.26. The lowest BCUT2D eigenvalue weighted by Gasteiger charge is -2.20. The summed E-state index contributed by atoms with van der Waals surface area (Å²) in [6.45, 7) is 1.61. The lowest BCUT2D eigenvalue weighted by atomic mass is 10.2. The molecule has 27 heavy (non-hydrogen) atoms. The highest BCUT2D eigenvalue weighted by Gasteiger charge is 2.44. The molecule has 4 rings (SSSR count). The minimum absolute atomic E-state index is 0.294. The standard InChI is InChI=1S/C20H21FN2O4/c1-11-4-6-22-20-14(11)5-7-23(20)15-9-17(19(26)18(15)25)27-16-3-2-13(21)8-12(16)10-24/h2-8,15,17-19,24-26H,9-10H2,1H3/t15-,17+,18+,19-/m1/s1. The van der Waals surface area contributed by atoms with E-state index in [2.05, 4.69) is 4.98 Å². The zero-order valence-corrected chi connectivity index (χ0v) is 14.8. The zero-order valence-electron chi connectivity index (χ0n) is 14.8. The average molecular weight is 372 g/mol. The number of rotatable bonds is 4. The van der Waals surface area contributed by atoms with Crippen LogP contribution in [0, 0.1) is 12.7 Å². The Morgan fingerprint density at radius 2 is 2.04 bits per heavy atom. The summed E-state index contributed by atoms with van der Waals surface area (Å²) in [5, 5.41) is 31.5. The van der Waals surface area contributed by atoms with Gasteiger partial charge in [0, 0.05) is 29.8 Å². The van der Waals surface area contributed by atoms with Gasteiger partial charge in [-0.25, -0.2) is 9.37 Å². The van der Waals surface area contributed by atoms with E-state index in [0.717, 1.165) is 16.6 Å². The predicted octanol–water partition coefficient (Wildman–Crippen LogP) is 2.09. The van der Waals surface area contributed by atoms with E-state index in [1.54, 1.807) is 6.20 Å². The van der Waals surface area contributed by atoms with E-state index in [-0.39, 0.29) is 6.61 Å². The zero-order chi connectivity index (χ0) is 19.1. The molecule has 4 atom stereocenters. The summed E-state index contributed by atoms with van der Waals surface area (Å²) in [5.41, 5.74) is 2.12. The third kappa shape index (κ3) is 3.07. The Kier molecular flexibility index (Phi) is 4.59. The Labute approximate surface area is 155 Å². The van der Waals surface area contributed by atoms with E-state index in [9.17, 15) is 19.7 Å². The highest BCUT2D eigenvalue weighted by Crippen LogP contribution is 2.36. The van der Waals surface area contributed by atoms with E-state index in [1.807, 2.05) is 29.8 Å². The fourth-order valence-electron chi connectivity index (χ4n) is 3.77. The molecule has 0 radical (unpaired) electrons. The van der Waals surface area contributed by atoms with Crippen LogP contribution < -0.4 is 4.74 Å². The summed E-state index contributed by atoms with van der Waals surface area (Å²) >= 11 is 0. The van der Waals surface area contributed by atoms with Gasteiger partial charge in [-0.05, 0) is 42.8 Å². The highest BCUT2D eigenvalue weighted by atomic mass is 19.1.